The van der Waals surface area contributed by atoms with Crippen molar-refractivity contribution >= 4 is 23.6 Å². The summed E-state index contributed by atoms with van der Waals surface area (Å²) in [6.07, 6.45) is 1.30. The molecule has 1 aliphatic carbocycles. The van der Waals surface area contributed by atoms with Crippen molar-refractivity contribution < 1.29 is 24.0 Å². The number of carbonyl (C=O) groups excluding carboxylic acids is 2. The van der Waals surface area contributed by atoms with Crippen molar-refractivity contribution in [2.24, 2.45) is 10.9 Å². The van der Waals surface area contributed by atoms with Gasteiger partial charge >= 0.3 is 12.1 Å². The van der Waals surface area contributed by atoms with E-state index in [0.29, 0.717) is 17.5 Å². The predicted molar refractivity (Wildman–Crippen MR) is 104 cm³/mol. The van der Waals surface area contributed by atoms with Crippen LogP contribution in [0.3, 0.4) is 0 Å². The summed E-state index contributed by atoms with van der Waals surface area (Å²) in [6, 6.07) is 4.94. The molecule has 0 radical (unpaired) electrons. The van der Waals surface area contributed by atoms with Crippen LogP contribution in [-0.4, -0.2) is 40.9 Å². The monoisotopic (exact) mass is 401 g/mol. The lowest BCUT2D eigenvalue weighted by atomic mass is 9.93. The number of nitrogens with zero attached hydrogens (tertiary/aromatic N) is 3. The van der Waals surface area contributed by atoms with E-state index in [1.54, 1.807) is 26.8 Å². The van der Waals surface area contributed by atoms with Gasteiger partial charge < -0.3 is 9.47 Å². The molecule has 1 fully saturated rings. The Hall–Kier alpha value is -3.23. The van der Waals surface area contributed by atoms with Gasteiger partial charge in [0.1, 0.15) is 11.9 Å². The second kappa shape index (κ2) is 8.42. The number of nitro benzene ring substituents is 1. The molecule has 1 saturated carbocycles. The summed E-state index contributed by atoms with van der Waals surface area (Å²) in [7, 11) is 0. The molecule has 154 valence electrons. The molecule has 29 heavy (non-hydrogen) atoms. The molecular formula is C20H23N3O6. The molecule has 9 heteroatoms. The van der Waals surface area contributed by atoms with E-state index in [1.807, 2.05) is 0 Å². The lowest BCUT2D eigenvalue weighted by molar-refractivity contribution is -0.385. The Morgan fingerprint density at radius 1 is 1.24 bits per heavy atom. The van der Waals surface area contributed by atoms with Gasteiger partial charge in [-0.25, -0.2) is 14.6 Å². The van der Waals surface area contributed by atoms with E-state index < -0.39 is 23.0 Å². The standard InChI is InChI=1S/C20H23N3O6/c1-4-28-19(24)17-12(2)21-13(3)22(20(25)29-11-14-9-10-14)18(17)15-7-5-6-8-16(15)23(26)27/h5-8,14,18H,4,9-11H2,1-3H3. The molecule has 0 aromatic heterocycles. The van der Waals surface area contributed by atoms with Crippen molar-refractivity contribution in [3.8, 4) is 0 Å². The third-order valence-electron chi connectivity index (χ3n) is 4.86. The minimum Gasteiger partial charge on any atom is -0.463 e. The van der Waals surface area contributed by atoms with Crippen LogP contribution in [0.2, 0.25) is 0 Å². The normalized spacial score (nSPS) is 18.9. The maximum absolute atomic E-state index is 12.9. The van der Waals surface area contributed by atoms with Crippen LogP contribution < -0.4 is 0 Å². The van der Waals surface area contributed by atoms with Gasteiger partial charge in [0.05, 0.1) is 35.0 Å². The molecule has 0 bridgehead atoms. The van der Waals surface area contributed by atoms with Gasteiger partial charge in [-0.15, -0.1) is 0 Å². The summed E-state index contributed by atoms with van der Waals surface area (Å²) in [5.41, 5.74) is 0.407. The van der Waals surface area contributed by atoms with E-state index in [4.69, 9.17) is 9.47 Å². The van der Waals surface area contributed by atoms with Crippen molar-refractivity contribution in [2.75, 3.05) is 13.2 Å². The van der Waals surface area contributed by atoms with E-state index in [9.17, 15) is 19.7 Å². The first-order chi connectivity index (χ1) is 13.8. The van der Waals surface area contributed by atoms with Crippen LogP contribution in [0, 0.1) is 16.0 Å². The number of carbonyl (C=O) groups is 2. The molecule has 0 saturated heterocycles. The molecule has 0 N–H and O–H groups in total. The number of amides is 1. The molecule has 1 aromatic rings. The second-order valence-electron chi connectivity index (χ2n) is 6.99. The summed E-state index contributed by atoms with van der Waals surface area (Å²) in [5, 5.41) is 11.6. The van der Waals surface area contributed by atoms with Crippen molar-refractivity contribution in [1.29, 1.82) is 0 Å². The van der Waals surface area contributed by atoms with Crippen LogP contribution in [0.5, 0.6) is 0 Å². The van der Waals surface area contributed by atoms with Gasteiger partial charge in [-0.3, -0.25) is 15.0 Å². The van der Waals surface area contributed by atoms with E-state index in [0.717, 1.165) is 12.8 Å². The topological polar surface area (TPSA) is 111 Å². The summed E-state index contributed by atoms with van der Waals surface area (Å²) < 4.78 is 10.6. The number of allylic oxidation sites excluding steroid dienone is 1. The Morgan fingerprint density at radius 3 is 2.55 bits per heavy atom. The highest BCUT2D eigenvalue weighted by Crippen LogP contribution is 2.40. The number of rotatable bonds is 6. The van der Waals surface area contributed by atoms with E-state index in [-0.39, 0.29) is 30.0 Å². The smallest absolute Gasteiger partial charge is 0.416 e. The van der Waals surface area contributed by atoms with Crippen molar-refractivity contribution in [1.82, 2.24) is 4.90 Å². The quantitative estimate of drug-likeness (QED) is 0.408. The lowest BCUT2D eigenvalue weighted by Crippen LogP contribution is -2.44. The van der Waals surface area contributed by atoms with Gasteiger partial charge in [-0.2, -0.15) is 0 Å². The fraction of sp³-hybridized carbons (Fsp3) is 0.450. The van der Waals surface area contributed by atoms with E-state index >= 15 is 0 Å². The molecule has 1 atom stereocenters. The molecular weight excluding hydrogens is 378 g/mol. The second-order valence-corrected chi connectivity index (χ2v) is 6.99. The van der Waals surface area contributed by atoms with Crippen molar-refractivity contribution in [3.63, 3.8) is 0 Å². The van der Waals surface area contributed by atoms with Gasteiger partial charge in [0.15, 0.2) is 0 Å². The number of amidine groups is 1. The zero-order chi connectivity index (χ0) is 21.1. The minimum absolute atomic E-state index is 0.0788. The van der Waals surface area contributed by atoms with Gasteiger partial charge in [-0.1, -0.05) is 12.1 Å². The van der Waals surface area contributed by atoms with Crippen LogP contribution in [0.25, 0.3) is 0 Å². The Morgan fingerprint density at radius 2 is 1.93 bits per heavy atom. The summed E-state index contributed by atoms with van der Waals surface area (Å²) in [6.45, 7) is 5.26. The fourth-order valence-corrected chi connectivity index (χ4v) is 3.30. The van der Waals surface area contributed by atoms with Crippen LogP contribution in [0.4, 0.5) is 10.5 Å². The number of aliphatic imine (C=N–C) groups is 1. The highest BCUT2D eigenvalue weighted by Gasteiger charge is 2.42. The first kappa shape index (κ1) is 20.5. The fourth-order valence-electron chi connectivity index (χ4n) is 3.30. The van der Waals surface area contributed by atoms with Crippen LogP contribution in [-0.2, 0) is 14.3 Å². The highest BCUT2D eigenvalue weighted by atomic mass is 16.6. The zero-order valence-corrected chi connectivity index (χ0v) is 16.6. The van der Waals surface area contributed by atoms with Crippen molar-refractivity contribution in [2.45, 2.75) is 39.7 Å². The van der Waals surface area contributed by atoms with E-state index in [2.05, 4.69) is 4.99 Å². The first-order valence-corrected chi connectivity index (χ1v) is 9.47. The average Bonchev–Trinajstić information content (AvgIpc) is 3.50. The van der Waals surface area contributed by atoms with Crippen LogP contribution in [0.15, 0.2) is 40.5 Å². The number of benzene rings is 1. The number of nitro groups is 1. The molecule has 1 aromatic carbocycles. The predicted octanol–water partition coefficient (Wildman–Crippen LogP) is 3.75. The zero-order valence-electron chi connectivity index (χ0n) is 16.6. The Kier molecular flexibility index (Phi) is 5.95. The van der Waals surface area contributed by atoms with Gasteiger partial charge in [0, 0.05) is 6.07 Å². The number of para-hydroxylation sites is 1. The molecule has 3 rings (SSSR count). The van der Waals surface area contributed by atoms with Crippen molar-refractivity contribution in [3.05, 3.63) is 51.2 Å². The summed E-state index contributed by atoms with van der Waals surface area (Å²) >= 11 is 0. The summed E-state index contributed by atoms with van der Waals surface area (Å²) in [5.74, 6) is -0.0452. The van der Waals surface area contributed by atoms with Gasteiger partial charge in [0.2, 0.25) is 0 Å². The highest BCUT2D eigenvalue weighted by molar-refractivity contribution is 6.01. The van der Waals surface area contributed by atoms with Gasteiger partial charge in [-0.05, 0) is 45.6 Å². The Bertz CT molecular complexity index is 903. The van der Waals surface area contributed by atoms with Crippen LogP contribution in [0.1, 0.15) is 45.2 Å². The average molecular weight is 401 g/mol. The van der Waals surface area contributed by atoms with E-state index in [1.165, 1.54) is 23.1 Å². The number of hydrogen-bond acceptors (Lipinski definition) is 7. The lowest BCUT2D eigenvalue weighted by Gasteiger charge is -2.35. The molecule has 1 amide bonds. The summed E-state index contributed by atoms with van der Waals surface area (Å²) in [4.78, 5) is 42.3. The number of ether oxygens (including phenoxy) is 2. The Balaban J connectivity index is 2.11. The molecule has 1 unspecified atom stereocenters. The molecule has 9 nitrogen and oxygen atoms in total. The minimum atomic E-state index is -1.07. The largest absolute Gasteiger partial charge is 0.463 e. The molecule has 0 spiro atoms. The third-order valence-corrected chi connectivity index (χ3v) is 4.86. The Labute approximate surface area is 168 Å². The number of hydrogen-bond donors (Lipinski definition) is 0. The van der Waals surface area contributed by atoms with Crippen LogP contribution >= 0.6 is 0 Å². The maximum Gasteiger partial charge on any atom is 0.416 e. The first-order valence-electron chi connectivity index (χ1n) is 9.47. The number of esters is 1. The third kappa shape index (κ3) is 4.28. The molecule has 2 aliphatic rings. The maximum atomic E-state index is 12.9. The SMILES string of the molecule is CCOC(=O)C1=C(C)N=C(C)N(C(=O)OCC2CC2)C1c1ccccc1[N+](=O)[O-]. The molecule has 1 heterocycles. The van der Waals surface area contributed by atoms with Gasteiger partial charge in [0.25, 0.3) is 5.69 Å². The molecule has 1 aliphatic heterocycles.